The molecular weight excluding hydrogens is 174 g/mol. The van der Waals surface area contributed by atoms with E-state index in [9.17, 15) is 0 Å². The molecule has 0 N–H and O–H groups in total. The summed E-state index contributed by atoms with van der Waals surface area (Å²) in [5.74, 6) is 0.976. The molecule has 0 aliphatic heterocycles. The summed E-state index contributed by atoms with van der Waals surface area (Å²) in [6, 6.07) is 0. The Morgan fingerprint density at radius 2 is 1.93 bits per heavy atom. The molecule has 0 saturated carbocycles. The molecule has 1 aromatic heterocycles. The SMILES string of the molecule is CCCCC(C)(C)c1c(C)noc1C. The largest absolute Gasteiger partial charge is 0.361 e. The van der Waals surface area contributed by atoms with Crippen molar-refractivity contribution in [2.24, 2.45) is 0 Å². The summed E-state index contributed by atoms with van der Waals surface area (Å²) in [7, 11) is 0. The van der Waals surface area contributed by atoms with Crippen LogP contribution in [-0.4, -0.2) is 5.16 Å². The van der Waals surface area contributed by atoms with Crippen molar-refractivity contribution in [2.45, 2.75) is 59.3 Å². The van der Waals surface area contributed by atoms with E-state index in [1.165, 1.54) is 24.8 Å². The summed E-state index contributed by atoms with van der Waals surface area (Å²) in [4.78, 5) is 0. The van der Waals surface area contributed by atoms with Gasteiger partial charge >= 0.3 is 0 Å². The van der Waals surface area contributed by atoms with E-state index < -0.39 is 0 Å². The third kappa shape index (κ3) is 2.17. The molecule has 0 bridgehead atoms. The zero-order valence-electron chi connectivity index (χ0n) is 9.98. The average Bonchev–Trinajstić information content (AvgIpc) is 2.43. The lowest BCUT2D eigenvalue weighted by molar-refractivity contribution is 0.385. The normalized spacial score (nSPS) is 12.1. The Bertz CT molecular complexity index is 280. The smallest absolute Gasteiger partial charge is 0.137 e. The molecule has 0 aromatic carbocycles. The molecule has 1 rings (SSSR count). The van der Waals surface area contributed by atoms with Crippen molar-refractivity contribution in [3.63, 3.8) is 0 Å². The number of unbranched alkanes of at least 4 members (excludes halogenated alkanes) is 1. The molecule has 0 unspecified atom stereocenters. The van der Waals surface area contributed by atoms with Crippen LogP contribution in [0.25, 0.3) is 0 Å². The number of aryl methyl sites for hydroxylation is 2. The van der Waals surface area contributed by atoms with Gasteiger partial charge in [-0.15, -0.1) is 0 Å². The molecule has 0 radical (unpaired) electrons. The van der Waals surface area contributed by atoms with E-state index in [4.69, 9.17) is 4.52 Å². The van der Waals surface area contributed by atoms with Gasteiger partial charge in [0.1, 0.15) is 5.76 Å². The Labute approximate surface area is 86.7 Å². The number of hydrogen-bond donors (Lipinski definition) is 0. The second-order valence-corrected chi connectivity index (χ2v) is 4.69. The Hall–Kier alpha value is -0.790. The summed E-state index contributed by atoms with van der Waals surface area (Å²) in [6.45, 7) is 10.8. The number of rotatable bonds is 4. The summed E-state index contributed by atoms with van der Waals surface area (Å²) in [5.41, 5.74) is 2.54. The summed E-state index contributed by atoms with van der Waals surface area (Å²) in [5, 5.41) is 4.02. The fourth-order valence-corrected chi connectivity index (χ4v) is 2.19. The molecule has 1 aromatic rings. The van der Waals surface area contributed by atoms with Gasteiger partial charge in [0.15, 0.2) is 0 Å². The van der Waals surface area contributed by atoms with E-state index >= 15 is 0 Å². The van der Waals surface area contributed by atoms with Crippen LogP contribution in [0.5, 0.6) is 0 Å². The fourth-order valence-electron chi connectivity index (χ4n) is 2.19. The van der Waals surface area contributed by atoms with Crippen molar-refractivity contribution >= 4 is 0 Å². The van der Waals surface area contributed by atoms with Gasteiger partial charge in [-0.25, -0.2) is 0 Å². The van der Waals surface area contributed by atoms with Gasteiger partial charge in [0, 0.05) is 5.56 Å². The zero-order valence-corrected chi connectivity index (χ0v) is 9.98. The van der Waals surface area contributed by atoms with Crippen molar-refractivity contribution < 1.29 is 4.52 Å². The molecule has 1 heterocycles. The van der Waals surface area contributed by atoms with Crippen molar-refractivity contribution in [3.05, 3.63) is 17.0 Å². The first-order valence-electron chi connectivity index (χ1n) is 5.42. The second kappa shape index (κ2) is 4.16. The van der Waals surface area contributed by atoms with Crippen LogP contribution < -0.4 is 0 Å². The van der Waals surface area contributed by atoms with Crippen LogP contribution in [0.4, 0.5) is 0 Å². The molecule has 2 heteroatoms. The predicted octanol–water partition coefficient (Wildman–Crippen LogP) is 3.76. The Kier molecular flexibility index (Phi) is 3.35. The first-order chi connectivity index (χ1) is 6.49. The third-order valence-electron chi connectivity index (χ3n) is 2.87. The molecule has 0 spiro atoms. The van der Waals surface area contributed by atoms with Crippen molar-refractivity contribution in [3.8, 4) is 0 Å². The molecule has 80 valence electrons. The lowest BCUT2D eigenvalue weighted by Gasteiger charge is -2.24. The molecule has 0 aliphatic rings. The fraction of sp³-hybridized carbons (Fsp3) is 0.750. The van der Waals surface area contributed by atoms with Crippen molar-refractivity contribution in [1.29, 1.82) is 0 Å². The molecule has 0 atom stereocenters. The second-order valence-electron chi connectivity index (χ2n) is 4.69. The lowest BCUT2D eigenvalue weighted by atomic mass is 9.79. The highest BCUT2D eigenvalue weighted by Crippen LogP contribution is 2.33. The van der Waals surface area contributed by atoms with Gasteiger partial charge in [-0.3, -0.25) is 0 Å². The maximum atomic E-state index is 5.21. The first-order valence-corrected chi connectivity index (χ1v) is 5.42. The predicted molar refractivity (Wildman–Crippen MR) is 58.5 cm³/mol. The van der Waals surface area contributed by atoms with Crippen LogP contribution in [0.1, 0.15) is 57.1 Å². The molecule has 14 heavy (non-hydrogen) atoms. The maximum absolute atomic E-state index is 5.21. The van der Waals surface area contributed by atoms with E-state index in [0.717, 1.165) is 11.5 Å². The van der Waals surface area contributed by atoms with Crippen LogP contribution in [-0.2, 0) is 5.41 Å². The molecule has 2 nitrogen and oxygen atoms in total. The molecular formula is C12H21NO. The highest BCUT2D eigenvalue weighted by Gasteiger charge is 2.27. The molecule has 0 fully saturated rings. The lowest BCUT2D eigenvalue weighted by Crippen LogP contribution is -2.18. The van der Waals surface area contributed by atoms with E-state index in [0.29, 0.717) is 0 Å². The van der Waals surface area contributed by atoms with Gasteiger partial charge in [0.05, 0.1) is 5.69 Å². The monoisotopic (exact) mass is 195 g/mol. The van der Waals surface area contributed by atoms with Crippen LogP contribution in [0.3, 0.4) is 0 Å². The van der Waals surface area contributed by atoms with E-state index in [1.54, 1.807) is 0 Å². The van der Waals surface area contributed by atoms with Crippen LogP contribution in [0, 0.1) is 13.8 Å². The maximum Gasteiger partial charge on any atom is 0.137 e. The van der Waals surface area contributed by atoms with Gasteiger partial charge in [-0.1, -0.05) is 38.8 Å². The number of nitrogens with zero attached hydrogens (tertiary/aromatic N) is 1. The first kappa shape index (κ1) is 11.3. The molecule has 0 aliphatic carbocycles. The van der Waals surface area contributed by atoms with Gasteiger partial charge in [-0.05, 0) is 25.7 Å². The van der Waals surface area contributed by atoms with Crippen molar-refractivity contribution in [2.75, 3.05) is 0 Å². The van der Waals surface area contributed by atoms with E-state index in [1.807, 2.05) is 13.8 Å². The van der Waals surface area contributed by atoms with Gasteiger partial charge in [0.2, 0.25) is 0 Å². The van der Waals surface area contributed by atoms with E-state index in [2.05, 4.69) is 25.9 Å². The summed E-state index contributed by atoms with van der Waals surface area (Å²) < 4.78 is 5.21. The Morgan fingerprint density at radius 3 is 2.36 bits per heavy atom. The van der Waals surface area contributed by atoms with Crippen LogP contribution >= 0.6 is 0 Å². The van der Waals surface area contributed by atoms with Gasteiger partial charge < -0.3 is 4.52 Å². The summed E-state index contributed by atoms with van der Waals surface area (Å²) in [6.07, 6.45) is 3.70. The minimum absolute atomic E-state index is 0.199. The topological polar surface area (TPSA) is 26.0 Å². The highest BCUT2D eigenvalue weighted by molar-refractivity contribution is 5.29. The highest BCUT2D eigenvalue weighted by atomic mass is 16.5. The van der Waals surface area contributed by atoms with Gasteiger partial charge in [0.25, 0.3) is 0 Å². The number of aromatic nitrogens is 1. The van der Waals surface area contributed by atoms with Gasteiger partial charge in [-0.2, -0.15) is 0 Å². The Balaban J connectivity index is 2.90. The summed E-state index contributed by atoms with van der Waals surface area (Å²) >= 11 is 0. The zero-order chi connectivity index (χ0) is 10.8. The third-order valence-corrected chi connectivity index (χ3v) is 2.87. The minimum atomic E-state index is 0.199. The van der Waals surface area contributed by atoms with Crippen LogP contribution in [0.15, 0.2) is 4.52 Å². The molecule has 0 saturated heterocycles. The minimum Gasteiger partial charge on any atom is -0.361 e. The standard InChI is InChI=1S/C12H21NO/c1-6-7-8-12(4,5)11-9(2)13-14-10(11)3/h6-8H2,1-5H3. The average molecular weight is 195 g/mol. The van der Waals surface area contributed by atoms with Crippen molar-refractivity contribution in [1.82, 2.24) is 5.16 Å². The number of hydrogen-bond acceptors (Lipinski definition) is 2. The van der Waals surface area contributed by atoms with E-state index in [-0.39, 0.29) is 5.41 Å². The van der Waals surface area contributed by atoms with Crippen LogP contribution in [0.2, 0.25) is 0 Å². The Morgan fingerprint density at radius 1 is 1.29 bits per heavy atom. The molecule has 0 amide bonds. The quantitative estimate of drug-likeness (QED) is 0.731.